The van der Waals surface area contributed by atoms with Crippen molar-refractivity contribution in [2.24, 2.45) is 0 Å². The quantitative estimate of drug-likeness (QED) is 0.831. The Morgan fingerprint density at radius 3 is 2.40 bits per heavy atom. The Balaban J connectivity index is 2.15. The van der Waals surface area contributed by atoms with E-state index in [2.05, 4.69) is 10.6 Å². The molecule has 116 valence electrons. The van der Waals surface area contributed by atoms with Crippen LogP contribution in [-0.4, -0.2) is 48.8 Å². The number of likely N-dealkylation sites (N-methyl/N-ethyl adjacent to an activating group) is 1. The van der Waals surface area contributed by atoms with Crippen LogP contribution < -0.4 is 10.6 Å². The van der Waals surface area contributed by atoms with E-state index in [9.17, 15) is 9.59 Å². The van der Waals surface area contributed by atoms with E-state index in [1.165, 1.54) is 17.7 Å². The van der Waals surface area contributed by atoms with Gasteiger partial charge in [-0.1, -0.05) is 12.8 Å². The fourth-order valence-electron chi connectivity index (χ4n) is 2.07. The van der Waals surface area contributed by atoms with Crippen molar-refractivity contribution in [2.75, 3.05) is 20.1 Å². The molecule has 20 heavy (non-hydrogen) atoms. The third kappa shape index (κ3) is 6.63. The van der Waals surface area contributed by atoms with E-state index in [1.54, 1.807) is 7.05 Å². The minimum atomic E-state index is -0.501. The van der Waals surface area contributed by atoms with Crippen molar-refractivity contribution in [3.63, 3.8) is 0 Å². The lowest BCUT2D eigenvalue weighted by molar-refractivity contribution is 0.0301. The van der Waals surface area contributed by atoms with Crippen molar-refractivity contribution in [2.45, 2.75) is 58.1 Å². The maximum Gasteiger partial charge on any atom is 0.410 e. The molecule has 1 aliphatic rings. The topological polar surface area (TPSA) is 70.7 Å². The van der Waals surface area contributed by atoms with Gasteiger partial charge in [-0.05, 0) is 33.6 Å². The summed E-state index contributed by atoms with van der Waals surface area (Å²) in [6, 6.07) is 0.146. The number of ether oxygens (including phenoxy) is 1. The number of rotatable bonds is 4. The summed E-state index contributed by atoms with van der Waals surface area (Å²) in [7, 11) is 1.66. The van der Waals surface area contributed by atoms with Gasteiger partial charge in [-0.2, -0.15) is 0 Å². The molecule has 2 N–H and O–H groups in total. The molecule has 0 bridgehead atoms. The number of hydrogen-bond donors (Lipinski definition) is 2. The van der Waals surface area contributed by atoms with E-state index in [1.807, 2.05) is 20.8 Å². The SMILES string of the molecule is CN(CCNC(=O)NC1CCCC1)C(=O)OC(C)(C)C. The van der Waals surface area contributed by atoms with Crippen LogP contribution in [0.15, 0.2) is 0 Å². The van der Waals surface area contributed by atoms with Crippen LogP contribution in [0.2, 0.25) is 0 Å². The summed E-state index contributed by atoms with van der Waals surface area (Å²) >= 11 is 0. The molecule has 3 amide bonds. The van der Waals surface area contributed by atoms with Crippen molar-refractivity contribution in [1.82, 2.24) is 15.5 Å². The summed E-state index contributed by atoms with van der Waals surface area (Å²) in [5.41, 5.74) is -0.501. The van der Waals surface area contributed by atoms with E-state index < -0.39 is 5.60 Å². The van der Waals surface area contributed by atoms with Crippen molar-refractivity contribution < 1.29 is 14.3 Å². The number of urea groups is 1. The molecule has 0 radical (unpaired) electrons. The molecule has 0 saturated heterocycles. The first-order valence-electron chi connectivity index (χ1n) is 7.26. The largest absolute Gasteiger partial charge is 0.444 e. The van der Waals surface area contributed by atoms with E-state index >= 15 is 0 Å². The first-order valence-corrected chi connectivity index (χ1v) is 7.26. The molecular weight excluding hydrogens is 258 g/mol. The average molecular weight is 285 g/mol. The number of carbonyl (C=O) groups excluding carboxylic acids is 2. The number of hydrogen-bond acceptors (Lipinski definition) is 3. The molecule has 0 aromatic carbocycles. The summed E-state index contributed by atoms with van der Waals surface area (Å²) in [6.07, 6.45) is 4.12. The Bertz CT molecular complexity index is 333. The van der Waals surface area contributed by atoms with Crippen LogP contribution in [0.3, 0.4) is 0 Å². The second kappa shape index (κ2) is 7.36. The highest BCUT2D eigenvalue weighted by Crippen LogP contribution is 2.17. The van der Waals surface area contributed by atoms with Gasteiger partial charge in [-0.15, -0.1) is 0 Å². The second-order valence-corrected chi connectivity index (χ2v) is 6.28. The Labute approximate surface area is 121 Å². The Morgan fingerprint density at radius 1 is 1.25 bits per heavy atom. The van der Waals surface area contributed by atoms with Gasteiger partial charge in [0, 0.05) is 26.2 Å². The van der Waals surface area contributed by atoms with Crippen molar-refractivity contribution >= 4 is 12.1 Å². The van der Waals surface area contributed by atoms with Gasteiger partial charge in [0.25, 0.3) is 0 Å². The average Bonchev–Trinajstić information content (AvgIpc) is 2.79. The van der Waals surface area contributed by atoms with Gasteiger partial charge >= 0.3 is 12.1 Å². The van der Waals surface area contributed by atoms with E-state index in [4.69, 9.17) is 4.74 Å². The zero-order chi connectivity index (χ0) is 15.2. The Hall–Kier alpha value is -1.46. The fraction of sp³-hybridized carbons (Fsp3) is 0.857. The lowest BCUT2D eigenvalue weighted by atomic mass is 10.2. The van der Waals surface area contributed by atoms with E-state index in [0.29, 0.717) is 19.1 Å². The molecule has 6 nitrogen and oxygen atoms in total. The summed E-state index contributed by atoms with van der Waals surface area (Å²) in [6.45, 7) is 6.31. The molecule has 0 aromatic rings. The third-order valence-electron chi connectivity index (χ3n) is 3.13. The van der Waals surface area contributed by atoms with Gasteiger partial charge in [-0.3, -0.25) is 0 Å². The van der Waals surface area contributed by atoms with Crippen LogP contribution in [0.25, 0.3) is 0 Å². The summed E-state index contributed by atoms with van der Waals surface area (Å²) in [4.78, 5) is 24.8. The van der Waals surface area contributed by atoms with E-state index in [-0.39, 0.29) is 12.1 Å². The molecule has 1 saturated carbocycles. The molecule has 0 unspecified atom stereocenters. The highest BCUT2D eigenvalue weighted by Gasteiger charge is 2.20. The summed E-state index contributed by atoms with van der Waals surface area (Å²) < 4.78 is 5.22. The van der Waals surface area contributed by atoms with Crippen LogP contribution in [0.1, 0.15) is 46.5 Å². The van der Waals surface area contributed by atoms with Crippen molar-refractivity contribution in [3.8, 4) is 0 Å². The maximum absolute atomic E-state index is 11.7. The second-order valence-electron chi connectivity index (χ2n) is 6.28. The van der Waals surface area contributed by atoms with Crippen molar-refractivity contribution in [1.29, 1.82) is 0 Å². The van der Waals surface area contributed by atoms with Gasteiger partial charge in [0.2, 0.25) is 0 Å². The van der Waals surface area contributed by atoms with Gasteiger partial charge in [0.05, 0.1) is 0 Å². The molecule has 0 aliphatic heterocycles. The number of amides is 3. The molecule has 6 heteroatoms. The molecule has 1 rings (SSSR count). The Kier molecular flexibility index (Phi) is 6.10. The zero-order valence-corrected chi connectivity index (χ0v) is 13.0. The van der Waals surface area contributed by atoms with Crippen LogP contribution in [-0.2, 0) is 4.74 Å². The lowest BCUT2D eigenvalue weighted by Crippen LogP contribution is -2.44. The zero-order valence-electron chi connectivity index (χ0n) is 13.0. The monoisotopic (exact) mass is 285 g/mol. The van der Waals surface area contributed by atoms with Crippen LogP contribution in [0.5, 0.6) is 0 Å². The molecular formula is C14H27N3O3. The molecule has 0 spiro atoms. The normalized spacial score (nSPS) is 15.8. The van der Waals surface area contributed by atoms with Crippen molar-refractivity contribution in [3.05, 3.63) is 0 Å². The third-order valence-corrected chi connectivity index (χ3v) is 3.13. The van der Waals surface area contributed by atoms with Crippen LogP contribution >= 0.6 is 0 Å². The molecule has 1 fully saturated rings. The fourth-order valence-corrected chi connectivity index (χ4v) is 2.07. The molecule has 0 heterocycles. The number of nitrogens with one attached hydrogen (secondary N) is 2. The maximum atomic E-state index is 11.7. The highest BCUT2D eigenvalue weighted by molar-refractivity contribution is 5.74. The van der Waals surface area contributed by atoms with Crippen LogP contribution in [0.4, 0.5) is 9.59 Å². The predicted molar refractivity (Wildman–Crippen MR) is 77.7 cm³/mol. The minimum absolute atomic E-state index is 0.158. The smallest absolute Gasteiger partial charge is 0.410 e. The minimum Gasteiger partial charge on any atom is -0.444 e. The highest BCUT2D eigenvalue weighted by atomic mass is 16.6. The van der Waals surface area contributed by atoms with Gasteiger partial charge in [-0.25, -0.2) is 9.59 Å². The molecule has 1 aliphatic carbocycles. The van der Waals surface area contributed by atoms with Crippen LogP contribution in [0, 0.1) is 0 Å². The lowest BCUT2D eigenvalue weighted by Gasteiger charge is -2.24. The standard InChI is InChI=1S/C14H27N3O3/c1-14(2,3)20-13(19)17(4)10-9-15-12(18)16-11-7-5-6-8-11/h11H,5-10H2,1-4H3,(H2,15,16,18). The number of nitrogens with zero attached hydrogens (tertiary/aromatic N) is 1. The molecule has 0 aromatic heterocycles. The predicted octanol–water partition coefficient (Wildman–Crippen LogP) is 2.10. The van der Waals surface area contributed by atoms with Gasteiger partial charge in [0.1, 0.15) is 5.60 Å². The van der Waals surface area contributed by atoms with Gasteiger partial charge < -0.3 is 20.3 Å². The van der Waals surface area contributed by atoms with Gasteiger partial charge in [0.15, 0.2) is 0 Å². The van der Waals surface area contributed by atoms with E-state index in [0.717, 1.165) is 12.8 Å². The molecule has 0 atom stereocenters. The number of carbonyl (C=O) groups is 2. The first kappa shape index (κ1) is 16.6. The summed E-state index contributed by atoms with van der Waals surface area (Å²) in [5, 5.41) is 5.69. The Morgan fingerprint density at radius 2 is 1.85 bits per heavy atom. The summed E-state index contributed by atoms with van der Waals surface area (Å²) in [5.74, 6) is 0. The first-order chi connectivity index (χ1) is 9.28.